The largest absolute Gasteiger partial charge is 0.490 e. The van der Waals surface area contributed by atoms with Crippen LogP contribution in [0.2, 0.25) is 0 Å². The van der Waals surface area contributed by atoms with Gasteiger partial charge < -0.3 is 9.47 Å². The number of nitrogens with zero attached hydrogens (tertiary/aromatic N) is 2. The number of hydrazone groups is 1. The molecule has 0 bridgehead atoms. The third-order valence-electron chi connectivity index (χ3n) is 5.76. The number of carbonyl (C=O) groups is 1. The van der Waals surface area contributed by atoms with Crippen molar-refractivity contribution < 1.29 is 22.7 Å². The summed E-state index contributed by atoms with van der Waals surface area (Å²) in [6, 6.07) is 13.5. The molecule has 9 heteroatoms. The maximum absolute atomic E-state index is 13.4. The Labute approximate surface area is 208 Å². The lowest BCUT2D eigenvalue weighted by molar-refractivity contribution is -0.121. The first-order valence-electron chi connectivity index (χ1n) is 12.2. The summed E-state index contributed by atoms with van der Waals surface area (Å²) in [6.45, 7) is 4.73. The van der Waals surface area contributed by atoms with Crippen LogP contribution in [0.5, 0.6) is 11.5 Å². The highest BCUT2D eigenvalue weighted by Gasteiger charge is 2.33. The number of hydrogen-bond acceptors (Lipinski definition) is 6. The van der Waals surface area contributed by atoms with Crippen LogP contribution in [0, 0.1) is 0 Å². The molecule has 0 aromatic heterocycles. The van der Waals surface area contributed by atoms with Crippen LogP contribution in [-0.2, 0) is 14.8 Å². The molecule has 1 N–H and O–H groups in total. The lowest BCUT2D eigenvalue weighted by Gasteiger charge is -2.32. The van der Waals surface area contributed by atoms with Crippen molar-refractivity contribution >= 4 is 22.1 Å². The van der Waals surface area contributed by atoms with Crippen molar-refractivity contribution in [1.82, 2.24) is 9.73 Å². The third-order valence-corrected chi connectivity index (χ3v) is 7.68. The van der Waals surface area contributed by atoms with Crippen LogP contribution >= 0.6 is 0 Å². The van der Waals surface area contributed by atoms with Gasteiger partial charge in [0.05, 0.1) is 30.9 Å². The summed E-state index contributed by atoms with van der Waals surface area (Å²) < 4.78 is 39.4. The third kappa shape index (κ3) is 7.53. The van der Waals surface area contributed by atoms with E-state index in [0.717, 1.165) is 44.1 Å². The van der Waals surface area contributed by atoms with Gasteiger partial charge in [-0.1, -0.05) is 44.4 Å². The van der Waals surface area contributed by atoms with Crippen LogP contribution in [-0.4, -0.2) is 50.6 Å². The zero-order chi connectivity index (χ0) is 25.1. The molecule has 1 saturated carbocycles. The number of ether oxygens (including phenoxy) is 2. The minimum Gasteiger partial charge on any atom is -0.490 e. The Kier molecular flexibility index (Phi) is 10.1. The van der Waals surface area contributed by atoms with Crippen molar-refractivity contribution in [2.45, 2.75) is 63.3 Å². The lowest BCUT2D eigenvalue weighted by Crippen LogP contribution is -2.46. The summed E-state index contributed by atoms with van der Waals surface area (Å²) in [5, 5.41) is 4.05. The molecule has 0 aliphatic heterocycles. The Morgan fingerprint density at radius 1 is 1.06 bits per heavy atom. The summed E-state index contributed by atoms with van der Waals surface area (Å²) in [5.74, 6) is 0.775. The molecule has 2 aromatic carbocycles. The highest BCUT2D eigenvalue weighted by molar-refractivity contribution is 7.89. The molecule has 3 rings (SSSR count). The second-order valence-electron chi connectivity index (χ2n) is 8.44. The van der Waals surface area contributed by atoms with E-state index < -0.39 is 15.9 Å². The molecular formula is C26H35N3O5S. The zero-order valence-corrected chi connectivity index (χ0v) is 21.3. The van der Waals surface area contributed by atoms with Crippen LogP contribution in [0.15, 0.2) is 58.5 Å². The number of rotatable bonds is 12. The van der Waals surface area contributed by atoms with E-state index in [4.69, 9.17) is 9.47 Å². The molecular weight excluding hydrogens is 466 g/mol. The van der Waals surface area contributed by atoms with Gasteiger partial charge in [0.2, 0.25) is 10.0 Å². The zero-order valence-electron chi connectivity index (χ0n) is 20.5. The monoisotopic (exact) mass is 501 g/mol. The van der Waals surface area contributed by atoms with E-state index in [0.29, 0.717) is 24.7 Å². The van der Waals surface area contributed by atoms with E-state index in [1.807, 2.05) is 19.9 Å². The number of amides is 1. The highest BCUT2D eigenvalue weighted by atomic mass is 32.2. The quantitative estimate of drug-likeness (QED) is 0.345. The van der Waals surface area contributed by atoms with Crippen LogP contribution in [0.4, 0.5) is 0 Å². The Morgan fingerprint density at radius 2 is 1.80 bits per heavy atom. The lowest BCUT2D eigenvalue weighted by atomic mass is 9.95. The number of benzene rings is 2. The van der Waals surface area contributed by atoms with Gasteiger partial charge in [0, 0.05) is 6.04 Å². The van der Waals surface area contributed by atoms with E-state index in [-0.39, 0.29) is 17.5 Å². The van der Waals surface area contributed by atoms with Crippen LogP contribution < -0.4 is 14.9 Å². The van der Waals surface area contributed by atoms with Gasteiger partial charge in [0.15, 0.2) is 11.5 Å². The Morgan fingerprint density at radius 3 is 2.49 bits per heavy atom. The first-order valence-corrected chi connectivity index (χ1v) is 13.7. The number of hydrogen-bond donors (Lipinski definition) is 1. The fourth-order valence-electron chi connectivity index (χ4n) is 4.07. The first-order chi connectivity index (χ1) is 17.0. The van der Waals surface area contributed by atoms with Gasteiger partial charge in [-0.25, -0.2) is 13.8 Å². The SMILES string of the molecule is CCCOc1ccc(/C=N/NC(=O)CN(C2CCCCC2)S(=O)(=O)c2ccccc2)cc1OCC. The summed E-state index contributed by atoms with van der Waals surface area (Å²) in [4.78, 5) is 12.9. The molecule has 0 radical (unpaired) electrons. The summed E-state index contributed by atoms with van der Waals surface area (Å²) >= 11 is 0. The molecule has 1 aliphatic carbocycles. The molecule has 190 valence electrons. The maximum atomic E-state index is 13.4. The van der Waals surface area contributed by atoms with Gasteiger partial charge in [0.25, 0.3) is 5.91 Å². The molecule has 1 aliphatic rings. The van der Waals surface area contributed by atoms with Gasteiger partial charge in [-0.2, -0.15) is 9.41 Å². The van der Waals surface area contributed by atoms with Crippen LogP contribution in [0.1, 0.15) is 57.9 Å². The minimum absolute atomic E-state index is 0.190. The molecule has 0 atom stereocenters. The van der Waals surface area contributed by atoms with Crippen molar-refractivity contribution in [3.63, 3.8) is 0 Å². The fraction of sp³-hybridized carbons (Fsp3) is 0.462. The molecule has 0 spiro atoms. The molecule has 1 amide bonds. The molecule has 0 unspecified atom stereocenters. The predicted molar refractivity (Wildman–Crippen MR) is 136 cm³/mol. The van der Waals surface area contributed by atoms with Crippen molar-refractivity contribution in [1.29, 1.82) is 0 Å². The van der Waals surface area contributed by atoms with Gasteiger partial charge >= 0.3 is 0 Å². The van der Waals surface area contributed by atoms with E-state index in [2.05, 4.69) is 10.5 Å². The van der Waals surface area contributed by atoms with Crippen molar-refractivity contribution in [3.8, 4) is 11.5 Å². The van der Waals surface area contributed by atoms with Gasteiger partial charge in [0.1, 0.15) is 0 Å². The molecule has 0 saturated heterocycles. The topological polar surface area (TPSA) is 97.3 Å². The van der Waals surface area contributed by atoms with Crippen molar-refractivity contribution in [2.24, 2.45) is 5.10 Å². The predicted octanol–water partition coefficient (Wildman–Crippen LogP) is 4.35. The number of nitrogens with one attached hydrogen (secondary N) is 1. The number of carbonyl (C=O) groups excluding carboxylic acids is 1. The van der Waals surface area contributed by atoms with E-state index in [1.54, 1.807) is 42.5 Å². The highest BCUT2D eigenvalue weighted by Crippen LogP contribution is 2.29. The summed E-state index contributed by atoms with van der Waals surface area (Å²) in [6.07, 6.45) is 6.86. The molecule has 2 aromatic rings. The second kappa shape index (κ2) is 13.3. The maximum Gasteiger partial charge on any atom is 0.255 e. The van der Waals surface area contributed by atoms with E-state index >= 15 is 0 Å². The smallest absolute Gasteiger partial charge is 0.255 e. The van der Waals surface area contributed by atoms with Crippen LogP contribution in [0.25, 0.3) is 0 Å². The average Bonchev–Trinajstić information content (AvgIpc) is 2.88. The summed E-state index contributed by atoms with van der Waals surface area (Å²) in [7, 11) is -3.81. The summed E-state index contributed by atoms with van der Waals surface area (Å²) in [5.41, 5.74) is 3.20. The van der Waals surface area contributed by atoms with Crippen molar-refractivity contribution in [2.75, 3.05) is 19.8 Å². The van der Waals surface area contributed by atoms with Gasteiger partial charge in [-0.05, 0) is 62.1 Å². The van der Waals surface area contributed by atoms with Gasteiger partial charge in [-0.3, -0.25) is 4.79 Å². The Hall–Kier alpha value is -2.91. The second-order valence-corrected chi connectivity index (χ2v) is 10.3. The Bertz CT molecular complexity index is 1080. The standard InChI is InChI=1S/C26H35N3O5S/c1-3-17-34-24-16-15-21(18-25(24)33-4-2)19-27-28-26(30)20-29(22-11-7-5-8-12-22)35(31,32)23-13-9-6-10-14-23/h6,9-10,13-16,18-19,22H,3-5,7-8,11-12,17,20H2,1-2H3,(H,28,30)/b27-19+. The van der Waals surface area contributed by atoms with E-state index in [1.165, 1.54) is 10.5 Å². The number of sulfonamides is 1. The van der Waals surface area contributed by atoms with Gasteiger partial charge in [-0.15, -0.1) is 0 Å². The normalized spacial score (nSPS) is 14.8. The molecule has 8 nitrogen and oxygen atoms in total. The van der Waals surface area contributed by atoms with E-state index in [9.17, 15) is 13.2 Å². The molecule has 0 heterocycles. The first kappa shape index (κ1) is 26.7. The van der Waals surface area contributed by atoms with Crippen molar-refractivity contribution in [3.05, 3.63) is 54.1 Å². The molecule has 1 fully saturated rings. The minimum atomic E-state index is -3.81. The fourth-order valence-corrected chi connectivity index (χ4v) is 5.73. The average molecular weight is 502 g/mol. The molecule has 35 heavy (non-hydrogen) atoms. The van der Waals surface area contributed by atoms with Crippen LogP contribution in [0.3, 0.4) is 0 Å². The Balaban J connectivity index is 1.70.